The van der Waals surface area contributed by atoms with E-state index in [1.165, 1.54) is 6.07 Å². The summed E-state index contributed by atoms with van der Waals surface area (Å²) in [5.41, 5.74) is 6.01. The Morgan fingerprint density at radius 1 is 1.42 bits per heavy atom. The van der Waals surface area contributed by atoms with Gasteiger partial charge in [-0.25, -0.2) is 4.98 Å². The first-order chi connectivity index (χ1) is 8.84. The normalized spacial score (nSPS) is 13.9. The number of thioether (sulfide) groups is 1. The molecule has 19 heavy (non-hydrogen) atoms. The van der Waals surface area contributed by atoms with Gasteiger partial charge in [-0.15, -0.1) is 0 Å². The van der Waals surface area contributed by atoms with E-state index < -0.39 is 11.7 Å². The van der Waals surface area contributed by atoms with Crippen LogP contribution in [0, 0.1) is 0 Å². The average Bonchev–Trinajstić information content (AvgIpc) is 2.62. The van der Waals surface area contributed by atoms with E-state index in [1.54, 1.807) is 16.3 Å². The molecular weight excluding hydrogens is 275 g/mol. The van der Waals surface area contributed by atoms with Crippen LogP contribution < -0.4 is 5.73 Å². The highest BCUT2D eigenvalue weighted by atomic mass is 32.2. The average molecular weight is 289 g/mol. The second kappa shape index (κ2) is 4.96. The zero-order valence-electron chi connectivity index (χ0n) is 10.5. The molecule has 0 aliphatic heterocycles. The van der Waals surface area contributed by atoms with Gasteiger partial charge in [0.25, 0.3) is 0 Å². The highest BCUT2D eigenvalue weighted by Crippen LogP contribution is 2.32. The van der Waals surface area contributed by atoms with Crippen molar-refractivity contribution in [1.29, 1.82) is 0 Å². The SMILES string of the molecule is CSCC(C)n1c(N)nc2cc(C(F)(F)F)ccc21. The number of hydrogen-bond donors (Lipinski definition) is 1. The van der Waals surface area contributed by atoms with Crippen LogP contribution in [0.3, 0.4) is 0 Å². The van der Waals surface area contributed by atoms with Crippen LogP contribution in [0.2, 0.25) is 0 Å². The van der Waals surface area contributed by atoms with Crippen LogP contribution in [0.15, 0.2) is 18.2 Å². The molecule has 0 bridgehead atoms. The van der Waals surface area contributed by atoms with E-state index >= 15 is 0 Å². The molecule has 0 saturated carbocycles. The summed E-state index contributed by atoms with van der Waals surface area (Å²) in [5.74, 6) is 1.06. The molecule has 2 N–H and O–H groups in total. The summed E-state index contributed by atoms with van der Waals surface area (Å²) in [7, 11) is 0. The lowest BCUT2D eigenvalue weighted by atomic mass is 10.2. The highest BCUT2D eigenvalue weighted by molar-refractivity contribution is 7.98. The molecule has 0 spiro atoms. The van der Waals surface area contributed by atoms with Crippen molar-refractivity contribution in [2.24, 2.45) is 0 Å². The van der Waals surface area contributed by atoms with E-state index in [2.05, 4.69) is 4.98 Å². The summed E-state index contributed by atoms with van der Waals surface area (Å²) < 4.78 is 39.7. The molecule has 0 saturated heterocycles. The van der Waals surface area contributed by atoms with Gasteiger partial charge in [0.1, 0.15) is 0 Å². The predicted octanol–water partition coefficient (Wildman–Crippen LogP) is 3.56. The van der Waals surface area contributed by atoms with Gasteiger partial charge in [0, 0.05) is 11.8 Å². The second-order valence-corrected chi connectivity index (χ2v) is 5.26. The second-order valence-electron chi connectivity index (χ2n) is 4.35. The smallest absolute Gasteiger partial charge is 0.369 e. The minimum absolute atomic E-state index is 0.0803. The highest BCUT2D eigenvalue weighted by Gasteiger charge is 2.31. The first-order valence-corrected chi connectivity index (χ1v) is 7.07. The van der Waals surface area contributed by atoms with E-state index in [-0.39, 0.29) is 17.5 Å². The van der Waals surface area contributed by atoms with Gasteiger partial charge in [0.05, 0.1) is 16.6 Å². The molecule has 2 aromatic rings. The molecule has 2 rings (SSSR count). The Balaban J connectivity index is 2.54. The Bertz CT molecular complexity index is 592. The van der Waals surface area contributed by atoms with Gasteiger partial charge in [-0.1, -0.05) is 0 Å². The maximum Gasteiger partial charge on any atom is 0.416 e. The van der Waals surface area contributed by atoms with E-state index in [9.17, 15) is 13.2 Å². The number of imidazole rings is 1. The third kappa shape index (κ3) is 2.65. The molecule has 0 amide bonds. The molecular formula is C12H14F3N3S. The van der Waals surface area contributed by atoms with Gasteiger partial charge in [-0.3, -0.25) is 0 Å². The largest absolute Gasteiger partial charge is 0.416 e. The number of anilines is 1. The van der Waals surface area contributed by atoms with Crippen LogP contribution in [0.5, 0.6) is 0 Å². The number of nitrogen functional groups attached to an aromatic ring is 1. The number of nitrogens with two attached hydrogens (primary N) is 1. The third-order valence-electron chi connectivity index (χ3n) is 2.89. The third-order valence-corrected chi connectivity index (χ3v) is 3.71. The minimum Gasteiger partial charge on any atom is -0.369 e. The molecule has 1 atom stereocenters. The number of nitrogens with zero attached hydrogens (tertiary/aromatic N) is 2. The zero-order chi connectivity index (χ0) is 14.2. The van der Waals surface area contributed by atoms with Crippen LogP contribution in [0.4, 0.5) is 19.1 Å². The number of hydrogen-bond acceptors (Lipinski definition) is 3. The van der Waals surface area contributed by atoms with Crippen LogP contribution in [-0.4, -0.2) is 21.6 Å². The Kier molecular flexibility index (Phi) is 3.66. The number of fused-ring (bicyclic) bond motifs is 1. The van der Waals surface area contributed by atoms with Gasteiger partial charge in [0.2, 0.25) is 5.95 Å². The summed E-state index contributed by atoms with van der Waals surface area (Å²) in [6, 6.07) is 3.61. The van der Waals surface area contributed by atoms with E-state index in [0.29, 0.717) is 5.52 Å². The van der Waals surface area contributed by atoms with Crippen molar-refractivity contribution in [2.75, 3.05) is 17.7 Å². The van der Waals surface area contributed by atoms with Crippen molar-refractivity contribution in [3.63, 3.8) is 0 Å². The van der Waals surface area contributed by atoms with Gasteiger partial charge >= 0.3 is 6.18 Å². The van der Waals surface area contributed by atoms with Gasteiger partial charge in [0.15, 0.2) is 0 Å². The fourth-order valence-electron chi connectivity index (χ4n) is 2.07. The number of rotatable bonds is 3. The van der Waals surface area contributed by atoms with E-state index in [0.717, 1.165) is 17.9 Å². The predicted molar refractivity (Wildman–Crippen MR) is 72.2 cm³/mol. The van der Waals surface area contributed by atoms with Crippen LogP contribution in [-0.2, 0) is 6.18 Å². The van der Waals surface area contributed by atoms with Crippen molar-refractivity contribution in [3.05, 3.63) is 23.8 Å². The van der Waals surface area contributed by atoms with Gasteiger partial charge in [-0.05, 0) is 31.4 Å². The first kappa shape index (κ1) is 14.0. The van der Waals surface area contributed by atoms with E-state index in [1.807, 2.05) is 13.2 Å². The Hall–Kier alpha value is -1.37. The lowest BCUT2D eigenvalue weighted by Gasteiger charge is -2.14. The molecule has 0 radical (unpaired) electrons. The maximum absolute atomic E-state index is 12.6. The molecule has 0 fully saturated rings. The fourth-order valence-corrected chi connectivity index (χ4v) is 2.70. The van der Waals surface area contributed by atoms with Crippen molar-refractivity contribution in [2.45, 2.75) is 19.1 Å². The molecule has 1 aromatic heterocycles. The van der Waals surface area contributed by atoms with Crippen LogP contribution in [0.25, 0.3) is 11.0 Å². The Morgan fingerprint density at radius 3 is 2.68 bits per heavy atom. The minimum atomic E-state index is -4.36. The van der Waals surface area contributed by atoms with Crippen molar-refractivity contribution in [3.8, 4) is 0 Å². The zero-order valence-corrected chi connectivity index (χ0v) is 11.3. The first-order valence-electron chi connectivity index (χ1n) is 5.68. The van der Waals surface area contributed by atoms with Crippen LogP contribution >= 0.6 is 11.8 Å². The van der Waals surface area contributed by atoms with E-state index in [4.69, 9.17) is 5.73 Å². The lowest BCUT2D eigenvalue weighted by molar-refractivity contribution is -0.137. The molecule has 0 aliphatic rings. The number of alkyl halides is 3. The lowest BCUT2D eigenvalue weighted by Crippen LogP contribution is -2.11. The summed E-state index contributed by atoms with van der Waals surface area (Å²) in [4.78, 5) is 4.02. The molecule has 104 valence electrons. The molecule has 3 nitrogen and oxygen atoms in total. The molecule has 1 heterocycles. The maximum atomic E-state index is 12.6. The van der Waals surface area contributed by atoms with Crippen molar-refractivity contribution < 1.29 is 13.2 Å². The number of aromatic nitrogens is 2. The quantitative estimate of drug-likeness (QED) is 0.939. The van der Waals surface area contributed by atoms with Gasteiger partial charge in [-0.2, -0.15) is 24.9 Å². The topological polar surface area (TPSA) is 43.8 Å². The van der Waals surface area contributed by atoms with Crippen LogP contribution in [0.1, 0.15) is 18.5 Å². The molecule has 7 heteroatoms. The summed E-state index contributed by atoms with van der Waals surface area (Å²) in [6.45, 7) is 1.96. The molecule has 1 aromatic carbocycles. The summed E-state index contributed by atoms with van der Waals surface area (Å²) in [6.07, 6.45) is -2.40. The summed E-state index contributed by atoms with van der Waals surface area (Å²) >= 11 is 1.65. The summed E-state index contributed by atoms with van der Waals surface area (Å²) in [5, 5.41) is 0. The van der Waals surface area contributed by atoms with Crippen molar-refractivity contribution >= 4 is 28.7 Å². The standard InChI is InChI=1S/C12H14F3N3S/c1-7(6-19-2)18-10-4-3-8(12(13,14)15)5-9(10)17-11(18)16/h3-5,7H,6H2,1-2H3,(H2,16,17). The van der Waals surface area contributed by atoms with Gasteiger partial charge < -0.3 is 10.3 Å². The molecule has 1 unspecified atom stereocenters. The fraction of sp³-hybridized carbons (Fsp3) is 0.417. The Morgan fingerprint density at radius 2 is 2.11 bits per heavy atom. The molecule has 0 aliphatic carbocycles. The Labute approximate surface area is 113 Å². The van der Waals surface area contributed by atoms with Crippen molar-refractivity contribution in [1.82, 2.24) is 9.55 Å². The number of halogens is 3. The number of benzene rings is 1. The monoisotopic (exact) mass is 289 g/mol.